The van der Waals surface area contributed by atoms with Crippen molar-refractivity contribution < 1.29 is 4.79 Å². The van der Waals surface area contributed by atoms with E-state index in [9.17, 15) is 4.79 Å². The molecule has 188 valence electrons. The Bertz CT molecular complexity index is 1380. The minimum atomic E-state index is -0.00545. The number of nitrogens with one attached hydrogen (secondary N) is 1. The maximum absolute atomic E-state index is 13.1. The lowest BCUT2D eigenvalue weighted by molar-refractivity contribution is -0.136. The zero-order valence-corrected chi connectivity index (χ0v) is 22.0. The van der Waals surface area contributed by atoms with Crippen molar-refractivity contribution in [2.24, 2.45) is 0 Å². The van der Waals surface area contributed by atoms with E-state index in [1.54, 1.807) is 10.8 Å². The van der Waals surface area contributed by atoms with Gasteiger partial charge in [-0.05, 0) is 69.0 Å². The first-order valence-corrected chi connectivity index (χ1v) is 12.7. The van der Waals surface area contributed by atoms with Crippen LogP contribution in [0, 0.1) is 6.92 Å². The van der Waals surface area contributed by atoms with Gasteiger partial charge >= 0.3 is 0 Å². The monoisotopic (exact) mass is 485 g/mol. The number of benzene rings is 1. The second-order valence-corrected chi connectivity index (χ2v) is 10.3. The molecule has 1 aromatic carbocycles. The van der Waals surface area contributed by atoms with Gasteiger partial charge in [-0.2, -0.15) is 10.2 Å². The topological polar surface area (TPSA) is 82.4 Å². The quantitative estimate of drug-likeness (QED) is 0.423. The molecule has 1 unspecified atom stereocenters. The number of likely N-dealkylation sites (tertiary alicyclic amines) is 1. The number of fused-ring (bicyclic) bond motifs is 1. The SMILES string of the molecule is Cc1cc(-c2n[nH]c(-c3ccc(C(C)N(C)C(=O)[C@H]4CCCN4C)cc3)c2C(C)C)cn2ncnc12. The van der Waals surface area contributed by atoms with Crippen molar-refractivity contribution in [1.29, 1.82) is 0 Å². The van der Waals surface area contributed by atoms with Crippen LogP contribution in [0.5, 0.6) is 0 Å². The predicted molar refractivity (Wildman–Crippen MR) is 142 cm³/mol. The Morgan fingerprint density at radius 3 is 2.58 bits per heavy atom. The predicted octanol–water partition coefficient (Wildman–Crippen LogP) is 4.83. The summed E-state index contributed by atoms with van der Waals surface area (Å²) in [6, 6.07) is 10.6. The number of likely N-dealkylation sites (N-methyl/N-ethyl adjacent to an activating group) is 2. The van der Waals surface area contributed by atoms with Crippen molar-refractivity contribution in [3.8, 4) is 22.5 Å². The summed E-state index contributed by atoms with van der Waals surface area (Å²) in [7, 11) is 3.96. The number of rotatable bonds is 6. The molecule has 8 heteroatoms. The van der Waals surface area contributed by atoms with Crippen molar-refractivity contribution in [3.63, 3.8) is 0 Å². The molecule has 1 aliphatic rings. The molecule has 0 saturated carbocycles. The van der Waals surface area contributed by atoms with Crippen LogP contribution in [0.25, 0.3) is 28.2 Å². The number of aromatic nitrogens is 5. The highest BCUT2D eigenvalue weighted by molar-refractivity contribution is 5.82. The van der Waals surface area contributed by atoms with Gasteiger partial charge in [-0.1, -0.05) is 38.1 Å². The fourth-order valence-electron chi connectivity index (χ4n) is 5.38. The van der Waals surface area contributed by atoms with E-state index in [1.807, 2.05) is 32.1 Å². The van der Waals surface area contributed by atoms with Gasteiger partial charge in [0.2, 0.25) is 5.91 Å². The number of aromatic amines is 1. The number of pyridine rings is 1. The summed E-state index contributed by atoms with van der Waals surface area (Å²) >= 11 is 0. The summed E-state index contributed by atoms with van der Waals surface area (Å²) in [4.78, 5) is 21.5. The van der Waals surface area contributed by atoms with Crippen molar-refractivity contribution in [2.75, 3.05) is 20.6 Å². The highest BCUT2D eigenvalue weighted by Crippen LogP contribution is 2.36. The van der Waals surface area contributed by atoms with Crippen LogP contribution in [0.2, 0.25) is 0 Å². The van der Waals surface area contributed by atoms with E-state index in [-0.39, 0.29) is 23.9 Å². The van der Waals surface area contributed by atoms with Crippen LogP contribution in [0.4, 0.5) is 0 Å². The average molecular weight is 486 g/mol. The number of aryl methyl sites for hydroxylation is 1. The van der Waals surface area contributed by atoms with Gasteiger partial charge < -0.3 is 4.90 Å². The fourth-order valence-corrected chi connectivity index (χ4v) is 5.38. The molecule has 1 aliphatic heterocycles. The van der Waals surface area contributed by atoms with E-state index < -0.39 is 0 Å². The highest BCUT2D eigenvalue weighted by Gasteiger charge is 2.32. The van der Waals surface area contributed by atoms with E-state index in [1.165, 1.54) is 5.56 Å². The van der Waals surface area contributed by atoms with Crippen LogP contribution < -0.4 is 0 Å². The maximum atomic E-state index is 13.1. The molecule has 1 fully saturated rings. The molecule has 4 heterocycles. The van der Waals surface area contributed by atoms with Gasteiger partial charge in [-0.15, -0.1) is 0 Å². The highest BCUT2D eigenvalue weighted by atomic mass is 16.2. The van der Waals surface area contributed by atoms with Crippen molar-refractivity contribution in [1.82, 2.24) is 34.6 Å². The number of hydrogen-bond acceptors (Lipinski definition) is 5. The molecule has 0 bridgehead atoms. The Morgan fingerprint density at radius 1 is 1.17 bits per heavy atom. The van der Waals surface area contributed by atoms with Gasteiger partial charge in [0.25, 0.3) is 0 Å². The van der Waals surface area contributed by atoms with E-state index >= 15 is 0 Å². The normalized spacial score (nSPS) is 17.2. The molecular weight excluding hydrogens is 450 g/mol. The summed E-state index contributed by atoms with van der Waals surface area (Å²) < 4.78 is 1.81. The molecule has 0 radical (unpaired) electrons. The summed E-state index contributed by atoms with van der Waals surface area (Å²) in [6.45, 7) is 9.51. The summed E-state index contributed by atoms with van der Waals surface area (Å²) in [5, 5.41) is 12.4. The van der Waals surface area contributed by atoms with Crippen molar-refractivity contribution >= 4 is 11.6 Å². The largest absolute Gasteiger partial charge is 0.338 e. The lowest BCUT2D eigenvalue weighted by atomic mass is 9.93. The molecule has 1 amide bonds. The molecule has 3 aromatic heterocycles. The molecule has 4 aromatic rings. The Kier molecular flexibility index (Phi) is 6.38. The Hall–Kier alpha value is -3.52. The maximum Gasteiger partial charge on any atom is 0.240 e. The standard InChI is InChI=1S/C28H35N7O/c1-17(2)24-25(31-32-26(24)22-14-18(3)27-29-16-30-35(27)15-22)21-11-9-20(10-12-21)19(4)34(6)28(36)23-8-7-13-33(23)5/h9-12,14-17,19,23H,7-8,13H2,1-6H3,(H,31,32)/t19?,23-/m1/s1. The minimum Gasteiger partial charge on any atom is -0.338 e. The van der Waals surface area contributed by atoms with Gasteiger partial charge in [0.05, 0.1) is 23.5 Å². The third-order valence-corrected chi connectivity index (χ3v) is 7.63. The second kappa shape index (κ2) is 9.50. The van der Waals surface area contributed by atoms with Crippen molar-refractivity contribution in [3.05, 3.63) is 59.5 Å². The third kappa shape index (κ3) is 4.19. The molecule has 1 saturated heterocycles. The third-order valence-electron chi connectivity index (χ3n) is 7.63. The first-order chi connectivity index (χ1) is 17.3. The molecule has 0 spiro atoms. The van der Waals surface area contributed by atoms with Gasteiger partial charge in [0.1, 0.15) is 6.33 Å². The van der Waals surface area contributed by atoms with E-state index in [2.05, 4.69) is 71.2 Å². The van der Waals surface area contributed by atoms with E-state index in [0.29, 0.717) is 0 Å². The van der Waals surface area contributed by atoms with Gasteiger partial charge in [-0.25, -0.2) is 9.50 Å². The second-order valence-electron chi connectivity index (χ2n) is 10.3. The lowest BCUT2D eigenvalue weighted by Gasteiger charge is -2.30. The Balaban J connectivity index is 1.43. The summed E-state index contributed by atoms with van der Waals surface area (Å²) in [6.07, 6.45) is 5.58. The molecule has 2 atom stereocenters. The molecule has 36 heavy (non-hydrogen) atoms. The first-order valence-electron chi connectivity index (χ1n) is 12.7. The van der Waals surface area contributed by atoms with Gasteiger partial charge in [0, 0.05) is 24.4 Å². The fraction of sp³-hybridized carbons (Fsp3) is 0.429. The number of amides is 1. The van der Waals surface area contributed by atoms with Crippen LogP contribution in [0.3, 0.4) is 0 Å². The zero-order chi connectivity index (χ0) is 25.6. The molecule has 8 nitrogen and oxygen atoms in total. The van der Waals surface area contributed by atoms with Gasteiger partial charge in [0.15, 0.2) is 5.65 Å². The lowest BCUT2D eigenvalue weighted by Crippen LogP contribution is -2.43. The molecule has 1 N–H and O–H groups in total. The summed E-state index contributed by atoms with van der Waals surface area (Å²) in [5.41, 5.74) is 8.25. The Labute approximate surface area is 212 Å². The minimum absolute atomic E-state index is 0.000158. The summed E-state index contributed by atoms with van der Waals surface area (Å²) in [5.74, 6) is 0.470. The van der Waals surface area contributed by atoms with Crippen LogP contribution in [0.1, 0.15) is 62.3 Å². The number of carbonyl (C=O) groups excluding carboxylic acids is 1. The molecular formula is C28H35N7O. The van der Waals surface area contributed by atoms with E-state index in [0.717, 1.165) is 58.7 Å². The number of nitrogens with zero attached hydrogens (tertiary/aromatic N) is 6. The zero-order valence-electron chi connectivity index (χ0n) is 22.0. The van der Waals surface area contributed by atoms with Gasteiger partial charge in [-0.3, -0.25) is 14.8 Å². The molecule has 5 rings (SSSR count). The Morgan fingerprint density at radius 2 is 1.92 bits per heavy atom. The number of hydrogen-bond donors (Lipinski definition) is 1. The van der Waals surface area contributed by atoms with E-state index in [4.69, 9.17) is 5.10 Å². The van der Waals surface area contributed by atoms with Crippen LogP contribution >= 0.6 is 0 Å². The van der Waals surface area contributed by atoms with Crippen LogP contribution in [-0.4, -0.2) is 67.2 Å². The van der Waals surface area contributed by atoms with Crippen molar-refractivity contribution in [2.45, 2.75) is 58.5 Å². The van der Waals surface area contributed by atoms with Crippen LogP contribution in [-0.2, 0) is 4.79 Å². The van der Waals surface area contributed by atoms with Crippen LogP contribution in [0.15, 0.2) is 42.9 Å². The number of H-pyrrole nitrogens is 1. The smallest absolute Gasteiger partial charge is 0.240 e. The molecule has 0 aliphatic carbocycles. The number of carbonyl (C=O) groups is 1. The first kappa shape index (κ1) is 24.2. The average Bonchev–Trinajstić information content (AvgIpc) is 3.62.